The van der Waals surface area contributed by atoms with E-state index >= 15 is 0 Å². The van der Waals surface area contributed by atoms with Crippen LogP contribution in [0.1, 0.15) is 45.7 Å². The lowest BCUT2D eigenvalue weighted by atomic mass is 9.96. The summed E-state index contributed by atoms with van der Waals surface area (Å²) in [5.74, 6) is -2.71. The van der Waals surface area contributed by atoms with Crippen LogP contribution in [-0.2, 0) is 10.0 Å². The molecule has 0 spiro atoms. The van der Waals surface area contributed by atoms with E-state index in [1.165, 1.54) is 0 Å². The van der Waals surface area contributed by atoms with Gasteiger partial charge >= 0.3 is 0 Å². The van der Waals surface area contributed by atoms with Crippen molar-refractivity contribution in [2.45, 2.75) is 19.8 Å². The molecular formula is C21H20F2N2O3S. The number of H-pyrrole nitrogens is 1. The lowest BCUT2D eigenvalue weighted by Gasteiger charge is -2.14. The molecule has 152 valence electrons. The highest BCUT2D eigenvalue weighted by Gasteiger charge is 2.22. The number of aryl methyl sites for hydroxylation is 1. The normalized spacial score (nSPS) is 12.6. The zero-order valence-corrected chi connectivity index (χ0v) is 16.9. The molecule has 3 rings (SSSR count). The number of ketones is 1. The number of carbonyl (C=O) groups is 1. The molecule has 0 aliphatic rings. The molecule has 8 heteroatoms. The molecule has 2 N–H and O–H groups in total. The third kappa shape index (κ3) is 4.71. The number of hydrogen-bond acceptors (Lipinski definition) is 3. The van der Waals surface area contributed by atoms with E-state index in [1.54, 1.807) is 31.2 Å². The highest BCUT2D eigenvalue weighted by Crippen LogP contribution is 2.31. The Labute approximate surface area is 167 Å². The Morgan fingerprint density at radius 3 is 2.17 bits per heavy atom. The first-order chi connectivity index (χ1) is 13.5. The molecule has 0 radical (unpaired) electrons. The maximum atomic E-state index is 14.5. The molecule has 3 aromatic rings. The van der Waals surface area contributed by atoms with E-state index in [0.717, 1.165) is 24.0 Å². The van der Waals surface area contributed by atoms with Crippen molar-refractivity contribution in [2.75, 3.05) is 11.0 Å². The number of nitrogens with one attached hydrogen (secondary N) is 2. The van der Waals surface area contributed by atoms with Crippen molar-refractivity contribution in [1.82, 2.24) is 4.98 Å². The van der Waals surface area contributed by atoms with Gasteiger partial charge in [0.15, 0.2) is 0 Å². The fourth-order valence-corrected chi connectivity index (χ4v) is 3.63. The number of halogens is 2. The Morgan fingerprint density at radius 1 is 1.03 bits per heavy atom. The van der Waals surface area contributed by atoms with E-state index in [0.29, 0.717) is 17.0 Å². The summed E-state index contributed by atoms with van der Waals surface area (Å²) in [6.07, 6.45) is 0.894. The molecule has 0 aliphatic carbocycles. The summed E-state index contributed by atoms with van der Waals surface area (Å²) < 4.78 is 53.7. The molecule has 0 saturated carbocycles. The van der Waals surface area contributed by atoms with Crippen LogP contribution in [0.4, 0.5) is 14.5 Å². The molecule has 0 fully saturated rings. The van der Waals surface area contributed by atoms with Crippen LogP contribution in [0.25, 0.3) is 0 Å². The number of anilines is 1. The molecule has 5 nitrogen and oxygen atoms in total. The second-order valence-corrected chi connectivity index (χ2v) is 8.72. The van der Waals surface area contributed by atoms with Gasteiger partial charge in [0.25, 0.3) is 0 Å². The van der Waals surface area contributed by atoms with Crippen LogP contribution in [0.5, 0.6) is 0 Å². The van der Waals surface area contributed by atoms with Crippen molar-refractivity contribution < 1.29 is 22.0 Å². The number of carbonyl (C=O) groups excluding carboxylic acids is 1. The molecule has 0 aliphatic heterocycles. The van der Waals surface area contributed by atoms with Crippen LogP contribution in [0.2, 0.25) is 0 Å². The Morgan fingerprint density at radius 2 is 1.62 bits per heavy atom. The second-order valence-electron chi connectivity index (χ2n) is 6.97. The van der Waals surface area contributed by atoms with Crippen LogP contribution in [0.3, 0.4) is 0 Å². The zero-order chi connectivity index (χ0) is 21.3. The monoisotopic (exact) mass is 418 g/mol. The summed E-state index contributed by atoms with van der Waals surface area (Å²) in [7, 11) is -3.66. The van der Waals surface area contributed by atoms with Gasteiger partial charge in [0, 0.05) is 22.7 Å². The third-order valence-electron chi connectivity index (χ3n) is 4.55. The summed E-state index contributed by atoms with van der Waals surface area (Å²) >= 11 is 0. The van der Waals surface area contributed by atoms with Crippen LogP contribution in [-0.4, -0.2) is 25.4 Å². The van der Waals surface area contributed by atoms with Crippen LogP contribution in [0.15, 0.2) is 48.5 Å². The number of rotatable bonds is 6. The Hall–Kier alpha value is -3.00. The van der Waals surface area contributed by atoms with Gasteiger partial charge in [0.2, 0.25) is 15.8 Å². The number of sulfonamides is 1. The molecule has 0 amide bonds. The third-order valence-corrected chi connectivity index (χ3v) is 5.16. The topological polar surface area (TPSA) is 79.0 Å². The number of hydrogen-bond donors (Lipinski definition) is 2. The van der Waals surface area contributed by atoms with Crippen molar-refractivity contribution in [3.8, 4) is 0 Å². The quantitative estimate of drug-likeness (QED) is 0.584. The predicted octanol–water partition coefficient (Wildman–Crippen LogP) is 4.36. The molecule has 0 bridgehead atoms. The molecule has 1 unspecified atom stereocenters. The Bertz CT molecular complexity index is 1150. The molecule has 1 atom stereocenters. The van der Waals surface area contributed by atoms with Gasteiger partial charge in [-0.05, 0) is 31.2 Å². The molecular weight excluding hydrogens is 398 g/mol. The van der Waals surface area contributed by atoms with Gasteiger partial charge in [-0.1, -0.05) is 36.8 Å². The molecule has 2 aromatic carbocycles. The van der Waals surface area contributed by atoms with E-state index in [-0.39, 0.29) is 17.0 Å². The van der Waals surface area contributed by atoms with Gasteiger partial charge in [-0.25, -0.2) is 17.2 Å². The fraction of sp³-hybridized carbons (Fsp3) is 0.190. The van der Waals surface area contributed by atoms with Gasteiger partial charge in [-0.2, -0.15) is 0 Å². The van der Waals surface area contributed by atoms with E-state index in [9.17, 15) is 22.0 Å². The Kier molecular flexibility index (Phi) is 5.57. The predicted molar refractivity (Wildman–Crippen MR) is 108 cm³/mol. The van der Waals surface area contributed by atoms with Crippen molar-refractivity contribution in [2.24, 2.45) is 0 Å². The first-order valence-corrected chi connectivity index (χ1v) is 10.7. The lowest BCUT2D eigenvalue weighted by molar-refractivity contribution is 0.103. The zero-order valence-electron chi connectivity index (χ0n) is 16.1. The minimum Gasteiger partial charge on any atom is -0.355 e. The largest absolute Gasteiger partial charge is 0.355 e. The number of benzene rings is 2. The number of aromatic amines is 1. The fourth-order valence-electron chi connectivity index (χ4n) is 3.08. The smallest absolute Gasteiger partial charge is 0.229 e. The molecule has 0 saturated heterocycles. The molecule has 1 heterocycles. The SMILES string of the molecule is Cc1ccc(C(=O)c2ccc(C(C)c3c(F)cc(NS(C)(=O)=O)cc3F)[nH]2)cc1. The van der Waals surface area contributed by atoms with Gasteiger partial charge < -0.3 is 4.98 Å². The minimum absolute atomic E-state index is 0.194. The van der Waals surface area contributed by atoms with E-state index in [1.807, 2.05) is 23.8 Å². The second kappa shape index (κ2) is 7.79. The average Bonchev–Trinajstić information content (AvgIpc) is 3.09. The van der Waals surface area contributed by atoms with Gasteiger partial charge in [-0.3, -0.25) is 9.52 Å². The van der Waals surface area contributed by atoms with Gasteiger partial charge in [-0.15, -0.1) is 0 Å². The van der Waals surface area contributed by atoms with Gasteiger partial charge in [0.1, 0.15) is 11.6 Å². The first-order valence-electron chi connectivity index (χ1n) is 8.82. The summed E-state index contributed by atoms with van der Waals surface area (Å²) in [5.41, 5.74) is 1.89. The maximum Gasteiger partial charge on any atom is 0.229 e. The Balaban J connectivity index is 1.89. The summed E-state index contributed by atoms with van der Waals surface area (Å²) in [6, 6.07) is 12.1. The first kappa shape index (κ1) is 20.7. The number of aromatic nitrogens is 1. The van der Waals surface area contributed by atoms with Crippen molar-refractivity contribution >= 4 is 21.5 Å². The standard InChI is InChI=1S/C21H20F2N2O3S/c1-12-4-6-14(7-5-12)21(26)19-9-8-18(24-19)13(2)20-16(22)10-15(11-17(20)23)25-29(3,27)28/h4-11,13,24-25H,1-3H3. The van der Waals surface area contributed by atoms with Crippen molar-refractivity contribution in [3.63, 3.8) is 0 Å². The van der Waals surface area contributed by atoms with Crippen molar-refractivity contribution in [3.05, 3.63) is 88.2 Å². The summed E-state index contributed by atoms with van der Waals surface area (Å²) in [6.45, 7) is 3.51. The maximum absolute atomic E-state index is 14.5. The van der Waals surface area contributed by atoms with Crippen LogP contribution < -0.4 is 4.72 Å². The van der Waals surface area contributed by atoms with E-state index in [2.05, 4.69) is 4.98 Å². The molecule has 29 heavy (non-hydrogen) atoms. The summed E-state index contributed by atoms with van der Waals surface area (Å²) in [4.78, 5) is 15.5. The molecule has 1 aromatic heterocycles. The van der Waals surface area contributed by atoms with Gasteiger partial charge in [0.05, 0.1) is 17.6 Å². The van der Waals surface area contributed by atoms with E-state index < -0.39 is 27.6 Å². The highest BCUT2D eigenvalue weighted by atomic mass is 32.2. The van der Waals surface area contributed by atoms with Crippen LogP contribution in [0, 0.1) is 18.6 Å². The van der Waals surface area contributed by atoms with Crippen molar-refractivity contribution in [1.29, 1.82) is 0 Å². The average molecular weight is 418 g/mol. The van der Waals surface area contributed by atoms with Crippen LogP contribution >= 0.6 is 0 Å². The lowest BCUT2D eigenvalue weighted by Crippen LogP contribution is -2.12. The highest BCUT2D eigenvalue weighted by molar-refractivity contribution is 7.92. The van der Waals surface area contributed by atoms with E-state index in [4.69, 9.17) is 0 Å². The minimum atomic E-state index is -3.66. The summed E-state index contributed by atoms with van der Waals surface area (Å²) in [5, 5.41) is 0.